The third-order valence-corrected chi connectivity index (χ3v) is 4.50. The Labute approximate surface area is 159 Å². The Morgan fingerprint density at radius 3 is 2.54 bits per heavy atom. The summed E-state index contributed by atoms with van der Waals surface area (Å²) in [5.74, 6) is -0.471. The highest BCUT2D eigenvalue weighted by atomic mass is 35.5. The first kappa shape index (κ1) is 20.1. The van der Waals surface area contributed by atoms with Crippen molar-refractivity contribution in [3.05, 3.63) is 58.6 Å². The first-order valence-electron chi connectivity index (χ1n) is 8.83. The van der Waals surface area contributed by atoms with E-state index < -0.39 is 11.9 Å². The van der Waals surface area contributed by atoms with Gasteiger partial charge in [-0.2, -0.15) is 0 Å². The van der Waals surface area contributed by atoms with Gasteiger partial charge in [-0.25, -0.2) is 0 Å². The first-order valence-corrected chi connectivity index (χ1v) is 9.21. The summed E-state index contributed by atoms with van der Waals surface area (Å²) < 4.78 is 11.2. The number of ether oxygens (including phenoxy) is 2. The molecule has 140 valence electrons. The number of halogens is 1. The highest BCUT2D eigenvalue weighted by Gasteiger charge is 2.22. The largest absolute Gasteiger partial charge is 0.493 e. The maximum atomic E-state index is 11.7. The lowest BCUT2D eigenvalue weighted by Crippen LogP contribution is -2.14. The van der Waals surface area contributed by atoms with Crippen LogP contribution in [0.5, 0.6) is 11.5 Å². The second-order valence-electron chi connectivity index (χ2n) is 6.17. The van der Waals surface area contributed by atoms with E-state index in [1.807, 2.05) is 30.3 Å². The zero-order chi connectivity index (χ0) is 18.9. The van der Waals surface area contributed by atoms with Crippen LogP contribution in [0.15, 0.2) is 42.5 Å². The van der Waals surface area contributed by atoms with Crippen LogP contribution in [0.4, 0.5) is 0 Å². The van der Waals surface area contributed by atoms with Gasteiger partial charge >= 0.3 is 5.97 Å². The standard InChI is InChI=1S/C21H25ClO4/c1-3-4-8-11-26-20-18(22)13-15(14-19(20)25-2)12-17(21(23)24)16-9-6-5-7-10-16/h5-7,9-10,13-14,17H,3-4,8,11-12H2,1-2H3,(H,23,24). The normalized spacial score (nSPS) is 11.8. The molecule has 0 saturated carbocycles. The Hall–Kier alpha value is -2.20. The number of carboxylic acid groups (broad SMARTS) is 1. The van der Waals surface area contributed by atoms with Crippen molar-refractivity contribution in [1.29, 1.82) is 0 Å². The van der Waals surface area contributed by atoms with Gasteiger partial charge in [0.05, 0.1) is 24.7 Å². The van der Waals surface area contributed by atoms with Crippen molar-refractivity contribution < 1.29 is 19.4 Å². The summed E-state index contributed by atoms with van der Waals surface area (Å²) in [7, 11) is 1.56. The summed E-state index contributed by atoms with van der Waals surface area (Å²) >= 11 is 6.38. The van der Waals surface area contributed by atoms with E-state index in [9.17, 15) is 9.90 Å². The van der Waals surface area contributed by atoms with Gasteiger partial charge < -0.3 is 14.6 Å². The Morgan fingerprint density at radius 2 is 1.92 bits per heavy atom. The molecule has 0 aliphatic carbocycles. The molecule has 2 aromatic rings. The van der Waals surface area contributed by atoms with Gasteiger partial charge in [-0.15, -0.1) is 0 Å². The first-order chi connectivity index (χ1) is 12.6. The molecular formula is C21H25ClO4. The molecule has 0 aliphatic heterocycles. The van der Waals surface area contributed by atoms with Crippen LogP contribution in [0, 0.1) is 0 Å². The molecule has 2 rings (SSSR count). The van der Waals surface area contributed by atoms with E-state index in [2.05, 4.69) is 6.92 Å². The van der Waals surface area contributed by atoms with Crippen LogP contribution in [0.25, 0.3) is 0 Å². The highest BCUT2D eigenvalue weighted by molar-refractivity contribution is 6.32. The molecular weight excluding hydrogens is 352 g/mol. The van der Waals surface area contributed by atoms with Crippen molar-refractivity contribution in [3.8, 4) is 11.5 Å². The SMILES string of the molecule is CCCCCOc1c(Cl)cc(CC(C(=O)O)c2ccccc2)cc1OC. The summed E-state index contributed by atoms with van der Waals surface area (Å²) in [6.45, 7) is 2.71. The van der Waals surface area contributed by atoms with Crippen LogP contribution in [-0.2, 0) is 11.2 Å². The molecule has 4 nitrogen and oxygen atoms in total. The average molecular weight is 377 g/mol. The fraction of sp³-hybridized carbons (Fsp3) is 0.381. The molecule has 0 aliphatic rings. The van der Waals surface area contributed by atoms with Crippen LogP contribution < -0.4 is 9.47 Å². The van der Waals surface area contributed by atoms with Crippen LogP contribution in [0.1, 0.15) is 43.2 Å². The van der Waals surface area contributed by atoms with E-state index in [1.165, 1.54) is 0 Å². The molecule has 0 aromatic heterocycles. The van der Waals surface area contributed by atoms with Crippen LogP contribution in [0.3, 0.4) is 0 Å². The minimum absolute atomic E-state index is 0.325. The summed E-state index contributed by atoms with van der Waals surface area (Å²) in [6, 6.07) is 12.8. The zero-order valence-electron chi connectivity index (χ0n) is 15.2. The molecule has 0 heterocycles. The van der Waals surface area contributed by atoms with E-state index in [1.54, 1.807) is 19.2 Å². The van der Waals surface area contributed by atoms with Crippen LogP contribution >= 0.6 is 11.6 Å². The predicted molar refractivity (Wildman–Crippen MR) is 104 cm³/mol. The molecule has 0 saturated heterocycles. The summed E-state index contributed by atoms with van der Waals surface area (Å²) in [6.07, 6.45) is 3.48. The van der Waals surface area contributed by atoms with Crippen molar-refractivity contribution in [2.75, 3.05) is 13.7 Å². The van der Waals surface area contributed by atoms with Crippen molar-refractivity contribution in [1.82, 2.24) is 0 Å². The lowest BCUT2D eigenvalue weighted by molar-refractivity contribution is -0.138. The second-order valence-corrected chi connectivity index (χ2v) is 6.58. The molecule has 5 heteroatoms. The monoisotopic (exact) mass is 376 g/mol. The van der Waals surface area contributed by atoms with Gasteiger partial charge in [0.25, 0.3) is 0 Å². The number of benzene rings is 2. The fourth-order valence-corrected chi connectivity index (χ4v) is 3.11. The molecule has 0 spiro atoms. The third kappa shape index (κ3) is 5.40. The predicted octanol–water partition coefficient (Wildman–Crippen LogP) is 5.33. The van der Waals surface area contributed by atoms with Crippen molar-refractivity contribution in [2.24, 2.45) is 0 Å². The van der Waals surface area contributed by atoms with Gasteiger partial charge in [-0.3, -0.25) is 4.79 Å². The zero-order valence-corrected chi connectivity index (χ0v) is 16.0. The number of carboxylic acids is 1. The number of unbranched alkanes of at least 4 members (excludes halogenated alkanes) is 2. The third-order valence-electron chi connectivity index (χ3n) is 4.22. The summed E-state index contributed by atoms with van der Waals surface area (Å²) in [4.78, 5) is 11.7. The number of carbonyl (C=O) groups is 1. The topological polar surface area (TPSA) is 55.8 Å². The lowest BCUT2D eigenvalue weighted by atomic mass is 9.92. The molecule has 0 bridgehead atoms. The quantitative estimate of drug-likeness (QED) is 0.569. The summed E-state index contributed by atoms with van der Waals surface area (Å²) in [5, 5.41) is 10.1. The molecule has 1 N–H and O–H groups in total. The summed E-state index contributed by atoms with van der Waals surface area (Å²) in [5.41, 5.74) is 1.55. The number of hydrogen-bond donors (Lipinski definition) is 1. The van der Waals surface area contributed by atoms with Gasteiger partial charge in [-0.05, 0) is 36.1 Å². The van der Waals surface area contributed by atoms with Gasteiger partial charge in [0, 0.05) is 0 Å². The van der Waals surface area contributed by atoms with Crippen molar-refractivity contribution in [2.45, 2.75) is 38.5 Å². The number of methoxy groups -OCH3 is 1. The molecule has 1 atom stereocenters. The minimum atomic E-state index is -0.869. The molecule has 2 aromatic carbocycles. The van der Waals surface area contributed by atoms with Crippen molar-refractivity contribution in [3.63, 3.8) is 0 Å². The van der Waals surface area contributed by atoms with Crippen LogP contribution in [0.2, 0.25) is 5.02 Å². The van der Waals surface area contributed by atoms with Crippen LogP contribution in [-0.4, -0.2) is 24.8 Å². The average Bonchev–Trinajstić information content (AvgIpc) is 2.64. The molecule has 1 unspecified atom stereocenters. The van der Waals surface area contributed by atoms with E-state index in [4.69, 9.17) is 21.1 Å². The van der Waals surface area contributed by atoms with E-state index in [-0.39, 0.29) is 0 Å². The Balaban J connectivity index is 2.21. The van der Waals surface area contributed by atoms with Gasteiger partial charge in [0.15, 0.2) is 11.5 Å². The Morgan fingerprint density at radius 1 is 1.19 bits per heavy atom. The molecule has 0 fully saturated rings. The van der Waals surface area contributed by atoms with Gasteiger partial charge in [0.1, 0.15) is 0 Å². The molecule has 0 amide bonds. The maximum absolute atomic E-state index is 11.7. The number of rotatable bonds is 10. The Kier molecular flexibility index (Phi) is 7.79. The lowest BCUT2D eigenvalue weighted by Gasteiger charge is -2.17. The minimum Gasteiger partial charge on any atom is -0.493 e. The molecule has 26 heavy (non-hydrogen) atoms. The fourth-order valence-electron chi connectivity index (χ4n) is 2.83. The van der Waals surface area contributed by atoms with Crippen molar-refractivity contribution >= 4 is 17.6 Å². The highest BCUT2D eigenvalue weighted by Crippen LogP contribution is 2.38. The second kappa shape index (κ2) is 10.1. The number of aliphatic carboxylic acids is 1. The smallest absolute Gasteiger partial charge is 0.311 e. The van der Waals surface area contributed by atoms with Gasteiger partial charge in [0.2, 0.25) is 0 Å². The van der Waals surface area contributed by atoms with E-state index in [0.29, 0.717) is 29.5 Å². The maximum Gasteiger partial charge on any atom is 0.311 e. The van der Waals surface area contributed by atoms with E-state index in [0.717, 1.165) is 30.4 Å². The Bertz CT molecular complexity index is 715. The molecule has 0 radical (unpaired) electrons. The van der Waals surface area contributed by atoms with E-state index >= 15 is 0 Å². The van der Waals surface area contributed by atoms with Gasteiger partial charge in [-0.1, -0.05) is 61.7 Å². The number of hydrogen-bond acceptors (Lipinski definition) is 3.